The number of carbonyl (C=O) groups is 1. The molecule has 4 nitrogen and oxygen atoms in total. The van der Waals surface area contributed by atoms with E-state index in [-0.39, 0.29) is 5.56 Å². The van der Waals surface area contributed by atoms with Crippen LogP contribution >= 0.6 is 0 Å². The van der Waals surface area contributed by atoms with Crippen LogP contribution in [0.15, 0.2) is 18.3 Å². The van der Waals surface area contributed by atoms with Crippen LogP contribution in [-0.4, -0.2) is 22.1 Å². The highest BCUT2D eigenvalue weighted by molar-refractivity contribution is 5.87. The quantitative estimate of drug-likeness (QED) is 0.781. The number of aromatic nitrogens is 1. The Morgan fingerprint density at radius 3 is 2.67 bits per heavy atom. The molecule has 2 atom stereocenters. The Kier molecular flexibility index (Phi) is 5.78. The average molecular weight is 250 g/mol. The molecule has 2 N–H and O–H groups in total. The number of rotatable bonds is 7. The fraction of sp³-hybridized carbons (Fsp3) is 0.571. The van der Waals surface area contributed by atoms with E-state index in [1.54, 1.807) is 12.1 Å². The summed E-state index contributed by atoms with van der Waals surface area (Å²) < 4.78 is 0. The third-order valence-electron chi connectivity index (χ3n) is 3.16. The van der Waals surface area contributed by atoms with Gasteiger partial charge in [-0.3, -0.25) is 4.98 Å². The predicted molar refractivity (Wildman–Crippen MR) is 71.6 cm³/mol. The number of hydrogen-bond donors (Lipinski definition) is 2. The lowest BCUT2D eigenvalue weighted by Crippen LogP contribution is -2.27. The number of aromatic carboxylic acids is 1. The number of nitrogens with one attached hydrogen (secondary N) is 1. The highest BCUT2D eigenvalue weighted by Crippen LogP contribution is 2.10. The molecule has 0 spiro atoms. The molecule has 0 aromatic carbocycles. The maximum absolute atomic E-state index is 10.7. The monoisotopic (exact) mass is 250 g/mol. The summed E-state index contributed by atoms with van der Waals surface area (Å²) in [4.78, 5) is 14.8. The van der Waals surface area contributed by atoms with E-state index in [0.29, 0.717) is 12.6 Å². The van der Waals surface area contributed by atoms with Gasteiger partial charge in [0.2, 0.25) is 0 Å². The summed E-state index contributed by atoms with van der Waals surface area (Å²) in [6.45, 7) is 7.29. The summed E-state index contributed by atoms with van der Waals surface area (Å²) in [5.41, 5.74) is 1.10. The van der Waals surface area contributed by atoms with Crippen molar-refractivity contribution in [1.29, 1.82) is 0 Å². The predicted octanol–water partition coefficient (Wildman–Crippen LogP) is 2.69. The van der Waals surface area contributed by atoms with Crippen molar-refractivity contribution < 1.29 is 9.90 Å². The number of carboxylic acids is 1. The van der Waals surface area contributed by atoms with Gasteiger partial charge in [-0.2, -0.15) is 0 Å². The lowest BCUT2D eigenvalue weighted by Gasteiger charge is -2.17. The van der Waals surface area contributed by atoms with Crippen molar-refractivity contribution in [3.05, 3.63) is 29.6 Å². The van der Waals surface area contributed by atoms with Gasteiger partial charge in [0, 0.05) is 18.8 Å². The van der Waals surface area contributed by atoms with Gasteiger partial charge in [0.15, 0.2) is 0 Å². The van der Waals surface area contributed by atoms with E-state index in [4.69, 9.17) is 5.11 Å². The van der Waals surface area contributed by atoms with Gasteiger partial charge in [-0.1, -0.05) is 20.3 Å². The molecule has 0 aliphatic heterocycles. The van der Waals surface area contributed by atoms with Crippen LogP contribution in [0.25, 0.3) is 0 Å². The maximum atomic E-state index is 10.7. The summed E-state index contributed by atoms with van der Waals surface area (Å²) in [7, 11) is 0. The van der Waals surface area contributed by atoms with E-state index in [0.717, 1.165) is 18.0 Å². The van der Waals surface area contributed by atoms with Gasteiger partial charge in [-0.05, 0) is 31.4 Å². The summed E-state index contributed by atoms with van der Waals surface area (Å²) >= 11 is 0. The van der Waals surface area contributed by atoms with Crippen LogP contribution in [0.5, 0.6) is 0 Å². The molecule has 1 aromatic heterocycles. The molecule has 4 heteroatoms. The summed E-state index contributed by atoms with van der Waals surface area (Å²) in [6.07, 6.45) is 3.74. The minimum Gasteiger partial charge on any atom is -0.478 e. The van der Waals surface area contributed by atoms with Crippen molar-refractivity contribution in [2.24, 2.45) is 5.92 Å². The third-order valence-corrected chi connectivity index (χ3v) is 3.16. The van der Waals surface area contributed by atoms with Crippen molar-refractivity contribution in [1.82, 2.24) is 10.3 Å². The van der Waals surface area contributed by atoms with Gasteiger partial charge >= 0.3 is 5.97 Å². The summed E-state index contributed by atoms with van der Waals surface area (Å²) in [6, 6.07) is 3.79. The van der Waals surface area contributed by atoms with Crippen LogP contribution in [0.2, 0.25) is 0 Å². The number of carboxylic acid groups (broad SMARTS) is 1. The van der Waals surface area contributed by atoms with E-state index < -0.39 is 5.97 Å². The second kappa shape index (κ2) is 7.11. The highest BCUT2D eigenvalue weighted by atomic mass is 16.4. The van der Waals surface area contributed by atoms with Crippen molar-refractivity contribution in [3.63, 3.8) is 0 Å². The van der Waals surface area contributed by atoms with Crippen LogP contribution in [-0.2, 0) is 6.54 Å². The summed E-state index contributed by atoms with van der Waals surface area (Å²) in [5, 5.41) is 12.2. The Labute approximate surface area is 108 Å². The Morgan fingerprint density at radius 2 is 2.17 bits per heavy atom. The molecule has 0 saturated heterocycles. The molecule has 0 fully saturated rings. The SMILES string of the molecule is CCC(C)CC(C)NCc1ccc(C(=O)O)cn1. The lowest BCUT2D eigenvalue weighted by molar-refractivity contribution is 0.0696. The minimum absolute atomic E-state index is 0.228. The summed E-state index contributed by atoms with van der Waals surface area (Å²) in [5.74, 6) is -0.220. The Bertz CT molecular complexity index is 376. The van der Waals surface area contributed by atoms with Crippen LogP contribution in [0.4, 0.5) is 0 Å². The first-order valence-corrected chi connectivity index (χ1v) is 6.44. The zero-order chi connectivity index (χ0) is 13.5. The van der Waals surface area contributed by atoms with Crippen molar-refractivity contribution in [3.8, 4) is 0 Å². The number of nitrogens with zero attached hydrogens (tertiary/aromatic N) is 1. The molecule has 1 rings (SSSR count). The Morgan fingerprint density at radius 1 is 1.44 bits per heavy atom. The first-order chi connectivity index (χ1) is 8.52. The number of hydrogen-bond acceptors (Lipinski definition) is 3. The molecule has 0 radical (unpaired) electrons. The Hall–Kier alpha value is -1.42. The van der Waals surface area contributed by atoms with Gasteiger partial charge in [-0.25, -0.2) is 4.79 Å². The van der Waals surface area contributed by atoms with Gasteiger partial charge in [0.1, 0.15) is 0 Å². The van der Waals surface area contributed by atoms with E-state index in [2.05, 4.69) is 31.1 Å². The smallest absolute Gasteiger partial charge is 0.337 e. The van der Waals surface area contributed by atoms with Gasteiger partial charge < -0.3 is 10.4 Å². The molecule has 2 unspecified atom stereocenters. The van der Waals surface area contributed by atoms with Crippen LogP contribution < -0.4 is 5.32 Å². The molecule has 0 saturated carbocycles. The van der Waals surface area contributed by atoms with Gasteiger partial charge in [-0.15, -0.1) is 0 Å². The average Bonchev–Trinajstić information content (AvgIpc) is 2.36. The second-order valence-corrected chi connectivity index (χ2v) is 4.87. The van der Waals surface area contributed by atoms with Crippen molar-refractivity contribution in [2.75, 3.05) is 0 Å². The van der Waals surface area contributed by atoms with Crippen LogP contribution in [0.1, 0.15) is 49.7 Å². The van der Waals surface area contributed by atoms with E-state index in [1.807, 2.05) is 0 Å². The molecule has 0 aliphatic carbocycles. The molecule has 1 heterocycles. The van der Waals surface area contributed by atoms with Gasteiger partial charge in [0.05, 0.1) is 11.3 Å². The normalized spacial score (nSPS) is 14.2. The molecule has 0 aliphatic rings. The highest BCUT2D eigenvalue weighted by Gasteiger charge is 2.07. The largest absolute Gasteiger partial charge is 0.478 e. The molecule has 100 valence electrons. The fourth-order valence-electron chi connectivity index (χ4n) is 1.79. The van der Waals surface area contributed by atoms with E-state index in [1.165, 1.54) is 12.6 Å². The lowest BCUT2D eigenvalue weighted by atomic mass is 10.0. The van der Waals surface area contributed by atoms with Crippen LogP contribution in [0.3, 0.4) is 0 Å². The number of pyridine rings is 1. The van der Waals surface area contributed by atoms with E-state index >= 15 is 0 Å². The van der Waals surface area contributed by atoms with Gasteiger partial charge in [0.25, 0.3) is 0 Å². The van der Waals surface area contributed by atoms with Crippen molar-refractivity contribution >= 4 is 5.97 Å². The fourth-order valence-corrected chi connectivity index (χ4v) is 1.79. The second-order valence-electron chi connectivity index (χ2n) is 4.87. The van der Waals surface area contributed by atoms with Crippen LogP contribution in [0, 0.1) is 5.92 Å². The zero-order valence-electron chi connectivity index (χ0n) is 11.3. The molecule has 1 aromatic rings. The third kappa shape index (κ3) is 4.84. The molecule has 18 heavy (non-hydrogen) atoms. The topological polar surface area (TPSA) is 62.2 Å². The van der Waals surface area contributed by atoms with Crippen molar-refractivity contribution in [2.45, 2.75) is 46.2 Å². The Balaban J connectivity index is 2.41. The first kappa shape index (κ1) is 14.6. The molecule has 0 amide bonds. The maximum Gasteiger partial charge on any atom is 0.337 e. The molecular formula is C14H22N2O2. The first-order valence-electron chi connectivity index (χ1n) is 6.44. The minimum atomic E-state index is -0.938. The zero-order valence-corrected chi connectivity index (χ0v) is 11.3. The molecular weight excluding hydrogens is 228 g/mol. The molecule has 0 bridgehead atoms. The standard InChI is InChI=1S/C14H22N2O2/c1-4-10(2)7-11(3)15-9-13-6-5-12(8-16-13)14(17)18/h5-6,8,10-11,15H,4,7,9H2,1-3H3,(H,17,18). The van der Waals surface area contributed by atoms with E-state index in [9.17, 15) is 4.79 Å².